The fourth-order valence-corrected chi connectivity index (χ4v) is 3.61. The maximum absolute atomic E-state index is 4.54. The van der Waals surface area contributed by atoms with Gasteiger partial charge in [0.05, 0.1) is 0 Å². The molecule has 2 nitrogen and oxygen atoms in total. The molecule has 0 aromatic rings. The van der Waals surface area contributed by atoms with Crippen LogP contribution < -0.4 is 0 Å². The molecule has 0 saturated heterocycles. The van der Waals surface area contributed by atoms with Crippen LogP contribution in [0.5, 0.6) is 0 Å². The standard InChI is InChI=1S/C14H20N2Se2/c17-13-9-5-1-3-7-11(13)15-16-12-8-4-2-6-10-14(12)18/h1-10H2. The Morgan fingerprint density at radius 3 is 1.39 bits per heavy atom. The summed E-state index contributed by atoms with van der Waals surface area (Å²) in [5.41, 5.74) is 2.38. The molecule has 2 radical (unpaired) electrons. The van der Waals surface area contributed by atoms with Crippen LogP contribution in [0.4, 0.5) is 0 Å². The molecule has 2 aliphatic carbocycles. The van der Waals surface area contributed by atoms with Crippen LogP contribution in [0.25, 0.3) is 0 Å². The molecule has 2 rings (SSSR count). The van der Waals surface area contributed by atoms with Crippen molar-refractivity contribution in [3.8, 4) is 0 Å². The SMILES string of the molecule is [Se]C1=C(N=NC2=C([Se])CCCCC2)CCCCC1. The van der Waals surface area contributed by atoms with E-state index in [0.717, 1.165) is 25.7 Å². The Labute approximate surface area is 126 Å². The molecule has 0 saturated carbocycles. The fourth-order valence-electron chi connectivity index (χ4n) is 2.41. The first-order valence-electron chi connectivity index (χ1n) is 6.97. The van der Waals surface area contributed by atoms with Gasteiger partial charge in [-0.25, -0.2) is 0 Å². The van der Waals surface area contributed by atoms with Gasteiger partial charge in [0.25, 0.3) is 0 Å². The Morgan fingerprint density at radius 1 is 0.556 bits per heavy atom. The van der Waals surface area contributed by atoms with Gasteiger partial charge in [0.2, 0.25) is 0 Å². The minimum absolute atomic E-state index is 1.09. The van der Waals surface area contributed by atoms with Crippen molar-refractivity contribution < 1.29 is 0 Å². The summed E-state index contributed by atoms with van der Waals surface area (Å²) < 4.78 is 2.65. The molecule has 0 heterocycles. The molecule has 0 amide bonds. The Kier molecular flexibility index (Phi) is 6.17. The molecule has 0 fully saturated rings. The quantitative estimate of drug-likeness (QED) is 0.513. The third-order valence-corrected chi connectivity index (χ3v) is 5.42. The summed E-state index contributed by atoms with van der Waals surface area (Å²) in [6.45, 7) is 0. The zero-order valence-corrected chi connectivity index (χ0v) is 14.2. The fraction of sp³-hybridized carbons (Fsp3) is 0.714. The number of hydrogen-bond donors (Lipinski definition) is 0. The summed E-state index contributed by atoms with van der Waals surface area (Å²) >= 11 is 6.36. The second-order valence-electron chi connectivity index (χ2n) is 5.06. The third kappa shape index (κ3) is 4.35. The number of rotatable bonds is 2. The molecule has 2 aliphatic rings. The Morgan fingerprint density at radius 2 is 0.944 bits per heavy atom. The molecular formula is C14H20N2Se2. The average Bonchev–Trinajstić information content (AvgIpc) is 2.68. The first-order valence-corrected chi connectivity index (χ1v) is 8.68. The predicted molar refractivity (Wildman–Crippen MR) is 76.6 cm³/mol. The Bertz CT molecular complexity index is 347. The molecule has 0 bridgehead atoms. The maximum atomic E-state index is 4.54. The van der Waals surface area contributed by atoms with E-state index < -0.39 is 0 Å². The molecule has 0 spiro atoms. The first kappa shape index (κ1) is 14.5. The van der Waals surface area contributed by atoms with Gasteiger partial charge in [-0.1, -0.05) is 0 Å². The second kappa shape index (κ2) is 7.65. The van der Waals surface area contributed by atoms with Gasteiger partial charge in [-0.3, -0.25) is 0 Å². The molecule has 98 valence electrons. The van der Waals surface area contributed by atoms with Gasteiger partial charge < -0.3 is 0 Å². The van der Waals surface area contributed by atoms with Crippen LogP contribution in [0.2, 0.25) is 0 Å². The van der Waals surface area contributed by atoms with Crippen molar-refractivity contribution in [3.63, 3.8) is 0 Å². The summed E-state index contributed by atoms with van der Waals surface area (Å²) in [6, 6.07) is 0. The first-order chi connectivity index (χ1) is 8.77. The molecule has 0 atom stereocenters. The second-order valence-corrected chi connectivity index (χ2v) is 7.13. The molecule has 0 aliphatic heterocycles. The van der Waals surface area contributed by atoms with Crippen molar-refractivity contribution in [2.75, 3.05) is 0 Å². The van der Waals surface area contributed by atoms with Gasteiger partial charge in [-0.2, -0.15) is 0 Å². The van der Waals surface area contributed by atoms with Crippen LogP contribution in [0, 0.1) is 0 Å². The van der Waals surface area contributed by atoms with E-state index in [2.05, 4.69) is 42.3 Å². The zero-order valence-electron chi connectivity index (χ0n) is 10.8. The molecule has 0 unspecified atom stereocenters. The van der Waals surface area contributed by atoms with Crippen molar-refractivity contribution in [2.45, 2.75) is 64.2 Å². The summed E-state index contributed by atoms with van der Waals surface area (Å²) in [7, 11) is 0. The van der Waals surface area contributed by atoms with E-state index in [1.165, 1.54) is 58.9 Å². The zero-order chi connectivity index (χ0) is 12.8. The van der Waals surface area contributed by atoms with Gasteiger partial charge in [0, 0.05) is 0 Å². The van der Waals surface area contributed by atoms with Crippen molar-refractivity contribution >= 4 is 32.0 Å². The van der Waals surface area contributed by atoms with Crippen molar-refractivity contribution in [1.82, 2.24) is 0 Å². The Hall–Kier alpha value is 0.119. The van der Waals surface area contributed by atoms with Crippen molar-refractivity contribution in [1.29, 1.82) is 0 Å². The number of hydrogen-bond acceptors (Lipinski definition) is 2. The minimum atomic E-state index is 1.09. The van der Waals surface area contributed by atoms with Gasteiger partial charge in [0.15, 0.2) is 0 Å². The molecule has 18 heavy (non-hydrogen) atoms. The van der Waals surface area contributed by atoms with E-state index in [1.54, 1.807) is 0 Å². The van der Waals surface area contributed by atoms with E-state index in [-0.39, 0.29) is 0 Å². The van der Waals surface area contributed by atoms with Crippen LogP contribution in [0.1, 0.15) is 64.2 Å². The number of nitrogens with zero attached hydrogens (tertiary/aromatic N) is 2. The van der Waals surface area contributed by atoms with Crippen LogP contribution in [0.15, 0.2) is 30.6 Å². The molecule has 0 N–H and O–H groups in total. The number of azo groups is 1. The molecule has 0 aromatic heterocycles. The van der Waals surface area contributed by atoms with E-state index in [4.69, 9.17) is 0 Å². The van der Waals surface area contributed by atoms with Gasteiger partial charge in [-0.05, 0) is 0 Å². The predicted octanol–water partition coefficient (Wildman–Crippen LogP) is 4.13. The van der Waals surface area contributed by atoms with E-state index >= 15 is 0 Å². The van der Waals surface area contributed by atoms with Crippen LogP contribution in [-0.4, -0.2) is 32.0 Å². The summed E-state index contributed by atoms with van der Waals surface area (Å²) in [4.78, 5) is 0. The van der Waals surface area contributed by atoms with E-state index in [9.17, 15) is 0 Å². The van der Waals surface area contributed by atoms with E-state index in [0.29, 0.717) is 0 Å². The average molecular weight is 374 g/mol. The summed E-state index contributed by atoms with van der Waals surface area (Å²) in [5, 5.41) is 9.07. The van der Waals surface area contributed by atoms with Crippen LogP contribution >= 0.6 is 0 Å². The van der Waals surface area contributed by atoms with Gasteiger partial charge in [0.1, 0.15) is 0 Å². The molecule has 0 aromatic carbocycles. The van der Waals surface area contributed by atoms with Gasteiger partial charge >= 0.3 is 127 Å². The van der Waals surface area contributed by atoms with Crippen LogP contribution in [0.3, 0.4) is 0 Å². The summed E-state index contributed by atoms with van der Waals surface area (Å²) in [6.07, 6.45) is 12.2. The van der Waals surface area contributed by atoms with Crippen molar-refractivity contribution in [2.24, 2.45) is 10.2 Å². The van der Waals surface area contributed by atoms with Gasteiger partial charge in [-0.15, -0.1) is 0 Å². The van der Waals surface area contributed by atoms with Crippen LogP contribution in [-0.2, 0) is 0 Å². The third-order valence-electron chi connectivity index (χ3n) is 3.57. The topological polar surface area (TPSA) is 24.7 Å². The number of allylic oxidation sites excluding steroid dienone is 4. The molecular weight excluding hydrogens is 354 g/mol. The van der Waals surface area contributed by atoms with E-state index in [1.807, 2.05) is 0 Å². The summed E-state index contributed by atoms with van der Waals surface area (Å²) in [5.74, 6) is 0. The normalized spacial score (nSPS) is 23.3. The molecule has 4 heteroatoms. The monoisotopic (exact) mass is 376 g/mol. The Balaban J connectivity index is 2.09. The van der Waals surface area contributed by atoms with Crippen molar-refractivity contribution in [3.05, 3.63) is 20.3 Å².